The van der Waals surface area contributed by atoms with Gasteiger partial charge in [-0.3, -0.25) is 0 Å². The zero-order chi connectivity index (χ0) is 10.1. The molecule has 0 saturated heterocycles. The van der Waals surface area contributed by atoms with Crippen molar-refractivity contribution < 1.29 is 0 Å². The Balaban J connectivity index is 2.10. The molecule has 0 bridgehead atoms. The Morgan fingerprint density at radius 1 is 1.57 bits per heavy atom. The van der Waals surface area contributed by atoms with Gasteiger partial charge in [-0.25, -0.2) is 4.98 Å². The zero-order valence-corrected chi connectivity index (χ0v) is 10.2. The van der Waals surface area contributed by atoms with E-state index < -0.39 is 0 Å². The van der Waals surface area contributed by atoms with Gasteiger partial charge in [0.25, 0.3) is 0 Å². The van der Waals surface area contributed by atoms with Gasteiger partial charge in [0, 0.05) is 24.3 Å². The van der Waals surface area contributed by atoms with Crippen LogP contribution in [0.4, 0.5) is 5.82 Å². The zero-order valence-electron chi connectivity index (χ0n) is 8.63. The molecule has 0 atom stereocenters. The van der Waals surface area contributed by atoms with E-state index in [9.17, 15) is 0 Å². The summed E-state index contributed by atoms with van der Waals surface area (Å²) in [5.41, 5.74) is 1.25. The van der Waals surface area contributed by atoms with Crippen molar-refractivity contribution in [3.05, 3.63) is 22.3 Å². The summed E-state index contributed by atoms with van der Waals surface area (Å²) in [5.74, 6) is 1.99. The molecule has 0 aliphatic heterocycles. The van der Waals surface area contributed by atoms with Gasteiger partial charge in [-0.15, -0.1) is 0 Å². The molecule has 3 heteroatoms. The maximum Gasteiger partial charge on any atom is 0.128 e. The molecule has 0 unspecified atom stereocenters. The van der Waals surface area contributed by atoms with E-state index >= 15 is 0 Å². The smallest absolute Gasteiger partial charge is 0.128 e. The maximum absolute atomic E-state index is 4.40. The molecule has 1 fully saturated rings. The fraction of sp³-hybridized carbons (Fsp3) is 0.545. The highest BCUT2D eigenvalue weighted by Crippen LogP contribution is 2.30. The van der Waals surface area contributed by atoms with Gasteiger partial charge in [-0.1, -0.05) is 0 Å². The van der Waals surface area contributed by atoms with Crippen LogP contribution in [0.2, 0.25) is 0 Å². The molecule has 76 valence electrons. The lowest BCUT2D eigenvalue weighted by Crippen LogP contribution is -2.21. The molecule has 0 N–H and O–H groups in total. The second-order valence-corrected chi connectivity index (χ2v) is 4.97. The quantitative estimate of drug-likeness (QED) is 0.825. The molecule has 0 radical (unpaired) electrons. The molecule has 1 aromatic rings. The SMILES string of the molecule is Cc1cc(N(C)CC2CC2)ncc1Br. The Labute approximate surface area is 93.5 Å². The number of aryl methyl sites for hydroxylation is 1. The van der Waals surface area contributed by atoms with E-state index in [2.05, 4.69) is 45.9 Å². The molecular formula is C11H15BrN2. The molecular weight excluding hydrogens is 240 g/mol. The van der Waals surface area contributed by atoms with Gasteiger partial charge in [-0.05, 0) is 53.2 Å². The average Bonchev–Trinajstić information content (AvgIpc) is 2.93. The van der Waals surface area contributed by atoms with E-state index in [0.29, 0.717) is 0 Å². The molecule has 1 saturated carbocycles. The van der Waals surface area contributed by atoms with Gasteiger partial charge in [-0.2, -0.15) is 0 Å². The minimum Gasteiger partial charge on any atom is -0.359 e. The Bertz CT molecular complexity index is 334. The molecule has 2 nitrogen and oxygen atoms in total. The maximum atomic E-state index is 4.40. The Morgan fingerprint density at radius 3 is 2.86 bits per heavy atom. The summed E-state index contributed by atoms with van der Waals surface area (Å²) in [5, 5.41) is 0. The molecule has 1 aliphatic carbocycles. The van der Waals surface area contributed by atoms with Crippen molar-refractivity contribution in [3.8, 4) is 0 Å². The molecule has 1 heterocycles. The van der Waals surface area contributed by atoms with Crippen molar-refractivity contribution in [2.24, 2.45) is 5.92 Å². The lowest BCUT2D eigenvalue weighted by Gasteiger charge is -2.18. The Hall–Kier alpha value is -0.570. The van der Waals surface area contributed by atoms with Gasteiger partial charge in [0.05, 0.1) is 0 Å². The van der Waals surface area contributed by atoms with Crippen LogP contribution in [0.3, 0.4) is 0 Å². The van der Waals surface area contributed by atoms with Crippen molar-refractivity contribution in [1.82, 2.24) is 4.98 Å². The third-order valence-corrected chi connectivity index (χ3v) is 3.48. The summed E-state index contributed by atoms with van der Waals surface area (Å²) in [6.45, 7) is 3.24. The van der Waals surface area contributed by atoms with Crippen LogP contribution in [0.1, 0.15) is 18.4 Å². The summed E-state index contributed by atoms with van der Waals surface area (Å²) in [6.07, 6.45) is 4.66. The van der Waals surface area contributed by atoms with Crippen LogP contribution in [0.25, 0.3) is 0 Å². The molecule has 0 spiro atoms. The predicted octanol–water partition coefficient (Wildman–Crippen LogP) is 3.00. The van der Waals surface area contributed by atoms with E-state index in [1.807, 2.05) is 6.20 Å². The van der Waals surface area contributed by atoms with Crippen LogP contribution in [-0.2, 0) is 0 Å². The number of hydrogen-bond donors (Lipinski definition) is 0. The third kappa shape index (κ3) is 2.27. The molecule has 1 aromatic heterocycles. The minimum atomic E-state index is 0.908. The second kappa shape index (κ2) is 3.89. The van der Waals surface area contributed by atoms with Gasteiger partial charge in [0.1, 0.15) is 5.82 Å². The van der Waals surface area contributed by atoms with Crippen molar-refractivity contribution >= 4 is 21.7 Å². The first kappa shape index (κ1) is 9.97. The first-order chi connectivity index (χ1) is 6.66. The van der Waals surface area contributed by atoms with Gasteiger partial charge < -0.3 is 4.90 Å². The monoisotopic (exact) mass is 254 g/mol. The normalized spacial score (nSPS) is 15.6. The van der Waals surface area contributed by atoms with E-state index in [1.54, 1.807) is 0 Å². The van der Waals surface area contributed by atoms with Crippen LogP contribution in [-0.4, -0.2) is 18.6 Å². The number of pyridine rings is 1. The van der Waals surface area contributed by atoms with Crippen LogP contribution in [0, 0.1) is 12.8 Å². The molecule has 14 heavy (non-hydrogen) atoms. The van der Waals surface area contributed by atoms with Crippen molar-refractivity contribution in [3.63, 3.8) is 0 Å². The van der Waals surface area contributed by atoms with Crippen LogP contribution in [0.5, 0.6) is 0 Å². The van der Waals surface area contributed by atoms with Crippen molar-refractivity contribution in [1.29, 1.82) is 0 Å². The van der Waals surface area contributed by atoms with Crippen LogP contribution < -0.4 is 4.90 Å². The van der Waals surface area contributed by atoms with Crippen molar-refractivity contribution in [2.75, 3.05) is 18.5 Å². The highest BCUT2D eigenvalue weighted by atomic mass is 79.9. The molecule has 1 aliphatic rings. The molecule has 2 rings (SSSR count). The van der Waals surface area contributed by atoms with E-state index in [-0.39, 0.29) is 0 Å². The largest absolute Gasteiger partial charge is 0.359 e. The summed E-state index contributed by atoms with van der Waals surface area (Å²) >= 11 is 3.46. The van der Waals surface area contributed by atoms with Crippen molar-refractivity contribution in [2.45, 2.75) is 19.8 Å². The van der Waals surface area contributed by atoms with E-state index in [1.165, 1.54) is 18.4 Å². The third-order valence-electron chi connectivity index (χ3n) is 2.65. The summed E-state index contributed by atoms with van der Waals surface area (Å²) < 4.78 is 1.08. The van der Waals surface area contributed by atoms with Crippen LogP contribution >= 0.6 is 15.9 Å². The minimum absolute atomic E-state index is 0.908. The number of rotatable bonds is 3. The van der Waals surface area contributed by atoms with E-state index in [0.717, 1.165) is 22.8 Å². The van der Waals surface area contributed by atoms with Gasteiger partial charge in [0.15, 0.2) is 0 Å². The Morgan fingerprint density at radius 2 is 2.29 bits per heavy atom. The average molecular weight is 255 g/mol. The number of hydrogen-bond acceptors (Lipinski definition) is 2. The molecule has 0 amide bonds. The standard InChI is InChI=1S/C11H15BrN2/c1-8-5-11(13-6-10(8)12)14(2)7-9-3-4-9/h5-6,9H,3-4,7H2,1-2H3. The summed E-state index contributed by atoms with van der Waals surface area (Å²) in [6, 6.07) is 2.13. The fourth-order valence-electron chi connectivity index (χ4n) is 1.51. The van der Waals surface area contributed by atoms with E-state index in [4.69, 9.17) is 0 Å². The first-order valence-corrected chi connectivity index (χ1v) is 5.79. The predicted molar refractivity (Wildman–Crippen MR) is 62.7 cm³/mol. The number of nitrogens with zero attached hydrogens (tertiary/aromatic N) is 2. The highest BCUT2D eigenvalue weighted by Gasteiger charge is 2.23. The summed E-state index contributed by atoms with van der Waals surface area (Å²) in [4.78, 5) is 6.65. The number of anilines is 1. The number of aromatic nitrogens is 1. The lowest BCUT2D eigenvalue weighted by molar-refractivity contribution is 0.776. The number of halogens is 1. The first-order valence-electron chi connectivity index (χ1n) is 5.00. The Kier molecular flexibility index (Phi) is 2.77. The van der Waals surface area contributed by atoms with Crippen LogP contribution in [0.15, 0.2) is 16.7 Å². The second-order valence-electron chi connectivity index (χ2n) is 4.12. The molecule has 0 aromatic carbocycles. The van der Waals surface area contributed by atoms with Gasteiger partial charge in [0.2, 0.25) is 0 Å². The van der Waals surface area contributed by atoms with Gasteiger partial charge >= 0.3 is 0 Å². The lowest BCUT2D eigenvalue weighted by atomic mass is 10.3. The topological polar surface area (TPSA) is 16.1 Å². The highest BCUT2D eigenvalue weighted by molar-refractivity contribution is 9.10. The fourth-order valence-corrected chi connectivity index (χ4v) is 1.73. The summed E-state index contributed by atoms with van der Waals surface area (Å²) in [7, 11) is 2.12.